The molecule has 4 N–H and O–H groups in total. The van der Waals surface area contributed by atoms with Gasteiger partial charge in [0.1, 0.15) is 23.1 Å². The lowest BCUT2D eigenvalue weighted by molar-refractivity contribution is -0.158. The zero-order chi connectivity index (χ0) is 25.6. The topological polar surface area (TPSA) is 146 Å². The predicted molar refractivity (Wildman–Crippen MR) is 121 cm³/mol. The van der Waals surface area contributed by atoms with Gasteiger partial charge in [0.15, 0.2) is 11.5 Å². The van der Waals surface area contributed by atoms with E-state index in [1.807, 2.05) is 0 Å². The summed E-state index contributed by atoms with van der Waals surface area (Å²) in [5.74, 6) is -0.833. The van der Waals surface area contributed by atoms with Gasteiger partial charge in [-0.2, -0.15) is 18.3 Å². The Kier molecular flexibility index (Phi) is 5.80. The van der Waals surface area contributed by atoms with Gasteiger partial charge in [0.2, 0.25) is 0 Å². The molecular formula is C23H24F3N7O3. The molecule has 2 bridgehead atoms. The summed E-state index contributed by atoms with van der Waals surface area (Å²) in [6.07, 6.45) is 2.16. The summed E-state index contributed by atoms with van der Waals surface area (Å²) in [5.41, 5.74) is -0.637. The summed E-state index contributed by atoms with van der Waals surface area (Å²) in [5, 5.41) is 22.5. The first kappa shape index (κ1) is 23.9. The SMILES string of the molecule is O=C(NCc1ccnc(C(F)(F)F)c1)c1ncnc2c(NCC34CCC(C(=O)O)(CC3)CC4)n[nH]c12. The Morgan fingerprint density at radius 3 is 2.47 bits per heavy atom. The van der Waals surface area contributed by atoms with Gasteiger partial charge in [-0.25, -0.2) is 9.97 Å². The molecule has 0 unspecified atom stereocenters. The van der Waals surface area contributed by atoms with E-state index in [4.69, 9.17) is 0 Å². The molecule has 0 spiro atoms. The quantitative estimate of drug-likeness (QED) is 0.383. The minimum Gasteiger partial charge on any atom is -0.481 e. The van der Waals surface area contributed by atoms with E-state index in [2.05, 4.69) is 35.8 Å². The lowest BCUT2D eigenvalue weighted by Crippen LogP contribution is -2.48. The first-order chi connectivity index (χ1) is 17.1. The third-order valence-corrected chi connectivity index (χ3v) is 7.62. The second-order valence-corrected chi connectivity index (χ2v) is 9.69. The van der Waals surface area contributed by atoms with E-state index in [1.54, 1.807) is 0 Å². The molecule has 3 aliphatic carbocycles. The molecule has 36 heavy (non-hydrogen) atoms. The summed E-state index contributed by atoms with van der Waals surface area (Å²) in [6, 6.07) is 2.27. The highest BCUT2D eigenvalue weighted by molar-refractivity contribution is 6.04. The van der Waals surface area contributed by atoms with Crippen LogP contribution in [0.4, 0.5) is 19.0 Å². The van der Waals surface area contributed by atoms with Crippen LogP contribution in [0.3, 0.4) is 0 Å². The Morgan fingerprint density at radius 2 is 1.81 bits per heavy atom. The number of carbonyl (C=O) groups is 2. The number of nitrogens with zero attached hydrogens (tertiary/aromatic N) is 4. The number of hydrogen-bond donors (Lipinski definition) is 4. The molecule has 13 heteroatoms. The first-order valence-corrected chi connectivity index (χ1v) is 11.6. The summed E-state index contributed by atoms with van der Waals surface area (Å²) in [6.45, 7) is 0.466. The van der Waals surface area contributed by atoms with Crippen molar-refractivity contribution in [2.24, 2.45) is 10.8 Å². The number of alkyl halides is 3. The van der Waals surface area contributed by atoms with Crippen LogP contribution < -0.4 is 10.6 Å². The average Bonchev–Trinajstić information content (AvgIpc) is 3.30. The molecule has 3 heterocycles. The van der Waals surface area contributed by atoms with E-state index in [9.17, 15) is 27.9 Å². The van der Waals surface area contributed by atoms with Gasteiger partial charge in [0, 0.05) is 19.3 Å². The monoisotopic (exact) mass is 503 g/mol. The molecule has 3 aromatic rings. The molecule has 3 aromatic heterocycles. The van der Waals surface area contributed by atoms with Crippen molar-refractivity contribution in [1.82, 2.24) is 30.5 Å². The van der Waals surface area contributed by atoms with Crippen LogP contribution >= 0.6 is 0 Å². The van der Waals surface area contributed by atoms with E-state index in [-0.39, 0.29) is 23.2 Å². The van der Waals surface area contributed by atoms with Crippen LogP contribution in [-0.4, -0.2) is 48.7 Å². The van der Waals surface area contributed by atoms with Crippen LogP contribution in [-0.2, 0) is 17.5 Å². The molecule has 3 fully saturated rings. The molecule has 0 atom stereocenters. The number of rotatable bonds is 7. The van der Waals surface area contributed by atoms with Crippen molar-refractivity contribution >= 4 is 28.7 Å². The minimum absolute atomic E-state index is 0.00445. The fraction of sp³-hybridized carbons (Fsp3) is 0.478. The van der Waals surface area contributed by atoms with Crippen molar-refractivity contribution in [3.8, 4) is 0 Å². The van der Waals surface area contributed by atoms with Gasteiger partial charge in [-0.3, -0.25) is 19.7 Å². The Hall–Kier alpha value is -3.77. The molecule has 3 saturated carbocycles. The number of fused-ring (bicyclic) bond motifs is 4. The molecule has 0 radical (unpaired) electrons. The second-order valence-electron chi connectivity index (χ2n) is 9.69. The van der Waals surface area contributed by atoms with Crippen molar-refractivity contribution < 1.29 is 27.9 Å². The molecule has 190 valence electrons. The van der Waals surface area contributed by atoms with Crippen molar-refractivity contribution in [1.29, 1.82) is 0 Å². The summed E-state index contributed by atoms with van der Waals surface area (Å²) < 4.78 is 38.6. The molecule has 6 rings (SSSR count). The molecule has 0 aliphatic heterocycles. The number of hydrogen-bond acceptors (Lipinski definition) is 7. The van der Waals surface area contributed by atoms with Gasteiger partial charge in [0.05, 0.1) is 5.41 Å². The summed E-state index contributed by atoms with van der Waals surface area (Å²) in [7, 11) is 0. The number of aromatic nitrogens is 5. The zero-order valence-electron chi connectivity index (χ0n) is 19.2. The Bertz CT molecular complexity index is 1300. The standard InChI is InChI=1S/C23H24F3N7O3/c24-23(25,26)14-9-13(1-8-27-14)10-28-19(34)17-15-16(30-12-31-17)18(33-32-15)29-11-21-2-5-22(6-3-21,7-4-21)20(35)36/h1,8-9,12H,2-7,10-11H2,(H,28,34)(H,35,36)(H2,29,32,33). The number of carboxylic acids is 1. The van der Waals surface area contributed by atoms with Crippen LogP contribution in [0.2, 0.25) is 0 Å². The summed E-state index contributed by atoms with van der Waals surface area (Å²) >= 11 is 0. The third-order valence-electron chi connectivity index (χ3n) is 7.62. The maximum absolute atomic E-state index is 12.9. The van der Waals surface area contributed by atoms with E-state index >= 15 is 0 Å². The first-order valence-electron chi connectivity index (χ1n) is 11.6. The van der Waals surface area contributed by atoms with Gasteiger partial charge < -0.3 is 15.7 Å². The molecule has 10 nitrogen and oxygen atoms in total. The Labute approximate surface area is 203 Å². The normalized spacial score (nSPS) is 23.5. The zero-order valence-corrected chi connectivity index (χ0v) is 19.2. The molecule has 0 saturated heterocycles. The summed E-state index contributed by atoms with van der Waals surface area (Å²) in [4.78, 5) is 36.0. The number of pyridine rings is 1. The number of carboxylic acid groups (broad SMARTS) is 1. The minimum atomic E-state index is -4.58. The number of anilines is 1. The van der Waals surface area contributed by atoms with Crippen molar-refractivity contribution in [3.63, 3.8) is 0 Å². The fourth-order valence-electron chi connectivity index (χ4n) is 5.26. The molecular weight excluding hydrogens is 479 g/mol. The largest absolute Gasteiger partial charge is 0.481 e. The number of carbonyl (C=O) groups excluding carboxylic acids is 1. The van der Waals surface area contributed by atoms with Crippen molar-refractivity contribution in [2.75, 3.05) is 11.9 Å². The maximum Gasteiger partial charge on any atom is 0.433 e. The van der Waals surface area contributed by atoms with Crippen LogP contribution in [0.15, 0.2) is 24.7 Å². The Morgan fingerprint density at radius 1 is 1.08 bits per heavy atom. The maximum atomic E-state index is 12.9. The number of H-pyrrole nitrogens is 1. The highest BCUT2D eigenvalue weighted by atomic mass is 19.4. The van der Waals surface area contributed by atoms with Gasteiger partial charge in [0.25, 0.3) is 5.91 Å². The highest BCUT2D eigenvalue weighted by Gasteiger charge is 2.52. The van der Waals surface area contributed by atoms with Gasteiger partial charge >= 0.3 is 12.1 Å². The van der Waals surface area contributed by atoms with Crippen LogP contribution in [0.1, 0.15) is 60.3 Å². The number of nitrogens with one attached hydrogen (secondary N) is 3. The smallest absolute Gasteiger partial charge is 0.433 e. The average molecular weight is 503 g/mol. The molecule has 1 amide bonds. The van der Waals surface area contributed by atoms with Crippen LogP contribution in [0.5, 0.6) is 0 Å². The van der Waals surface area contributed by atoms with Gasteiger partial charge in [-0.05, 0) is 61.6 Å². The van der Waals surface area contributed by atoms with E-state index in [1.165, 1.54) is 12.4 Å². The van der Waals surface area contributed by atoms with E-state index in [0.717, 1.165) is 31.5 Å². The van der Waals surface area contributed by atoms with E-state index < -0.39 is 29.2 Å². The van der Waals surface area contributed by atoms with Crippen LogP contribution in [0.25, 0.3) is 11.0 Å². The molecule has 0 aromatic carbocycles. The number of aliphatic carboxylic acids is 1. The number of amides is 1. The Balaban J connectivity index is 1.26. The van der Waals surface area contributed by atoms with Gasteiger partial charge in [-0.15, -0.1) is 0 Å². The van der Waals surface area contributed by atoms with Gasteiger partial charge in [-0.1, -0.05) is 0 Å². The second kappa shape index (κ2) is 8.71. The highest BCUT2D eigenvalue weighted by Crippen LogP contribution is 2.56. The van der Waals surface area contributed by atoms with Crippen molar-refractivity contribution in [2.45, 2.75) is 51.2 Å². The molecule has 3 aliphatic rings. The lowest BCUT2D eigenvalue weighted by atomic mass is 9.53. The lowest BCUT2D eigenvalue weighted by Gasteiger charge is -2.51. The van der Waals surface area contributed by atoms with Crippen molar-refractivity contribution in [3.05, 3.63) is 41.6 Å². The fourth-order valence-corrected chi connectivity index (χ4v) is 5.26. The predicted octanol–water partition coefficient (Wildman–Crippen LogP) is 3.53. The third kappa shape index (κ3) is 4.33. The van der Waals surface area contributed by atoms with E-state index in [0.29, 0.717) is 42.7 Å². The number of aromatic amines is 1. The van der Waals surface area contributed by atoms with Crippen LogP contribution in [0, 0.1) is 10.8 Å². The number of halogens is 3.